The first-order valence-corrected chi connectivity index (χ1v) is 16.4. The summed E-state index contributed by atoms with van der Waals surface area (Å²) in [6.07, 6.45) is 3.02. The summed E-state index contributed by atoms with van der Waals surface area (Å²) in [6, 6.07) is -0.944. The highest BCUT2D eigenvalue weighted by Crippen LogP contribution is 2.43. The number of Topliss-reactive ketones (excluding diaryl/α,β-unsaturated/α-hetero) is 1. The Morgan fingerprint density at radius 3 is 2.28 bits per heavy atom. The predicted octanol–water partition coefficient (Wildman–Crippen LogP) is 4.19. The van der Waals surface area contributed by atoms with E-state index >= 15 is 0 Å². The van der Waals surface area contributed by atoms with Gasteiger partial charge in [0, 0.05) is 18.4 Å². The van der Waals surface area contributed by atoms with Crippen LogP contribution in [0.25, 0.3) is 0 Å². The molecule has 218 valence electrons. The quantitative estimate of drug-likeness (QED) is 0.119. The van der Waals surface area contributed by atoms with Gasteiger partial charge in [0.25, 0.3) is 0 Å². The summed E-state index contributed by atoms with van der Waals surface area (Å²) < 4.78 is 21.3. The van der Waals surface area contributed by atoms with Crippen LogP contribution in [-0.4, -0.2) is 74.9 Å². The molecule has 39 heavy (non-hydrogen) atoms. The molecule has 1 aliphatic carbocycles. The number of imide groups is 1. The predicted molar refractivity (Wildman–Crippen MR) is 146 cm³/mol. The van der Waals surface area contributed by atoms with Gasteiger partial charge in [-0.1, -0.05) is 52.5 Å². The minimum Gasteiger partial charge on any atom is -0.454 e. The number of esters is 1. The maximum absolute atomic E-state index is 13.7. The Hall–Kier alpha value is -2.79. The monoisotopic (exact) mass is 565 g/mol. The summed E-state index contributed by atoms with van der Waals surface area (Å²) in [6.45, 7) is 19.3. The average Bonchev–Trinajstić information content (AvgIpc) is 2.84. The highest BCUT2D eigenvalue weighted by atomic mass is 28.4. The van der Waals surface area contributed by atoms with E-state index in [1.54, 1.807) is 0 Å². The first-order valence-electron chi connectivity index (χ1n) is 13.4. The zero-order valence-corrected chi connectivity index (χ0v) is 25.0. The van der Waals surface area contributed by atoms with Crippen molar-refractivity contribution in [2.45, 2.75) is 83.7 Å². The van der Waals surface area contributed by atoms with E-state index in [0.29, 0.717) is 32.3 Å². The van der Waals surface area contributed by atoms with Gasteiger partial charge in [0.1, 0.15) is 25.1 Å². The number of carbonyl (C=O) groups excluding carboxylic acids is 5. The van der Waals surface area contributed by atoms with Crippen molar-refractivity contribution in [1.82, 2.24) is 4.90 Å². The van der Waals surface area contributed by atoms with E-state index in [1.165, 1.54) is 19.1 Å². The molecule has 0 radical (unpaired) electrons. The molecule has 2 fully saturated rings. The third-order valence-electron chi connectivity index (χ3n) is 8.00. The van der Waals surface area contributed by atoms with Crippen LogP contribution in [-0.2, 0) is 37.8 Å². The standard InChI is InChI=1S/C28H43NO9Si/c1-9-15-35-26(33)25(32)29-22(21(24(29)31)18(3)38-27(34)36-16-10-2)20-13-11-12-19(23(20)30)14-17-37-39(7,8)28(4,5)6/h9-10,18-22H,1-2,11-17H2,3-8H3/t18-,19?,20-,21-,22-/m1/s1. The second-order valence-electron chi connectivity index (χ2n) is 11.6. The maximum atomic E-state index is 13.7. The number of hydrogen-bond donors (Lipinski definition) is 0. The third kappa shape index (κ3) is 7.66. The molecule has 10 nitrogen and oxygen atoms in total. The molecule has 2 aliphatic rings. The molecule has 2 rings (SSSR count). The van der Waals surface area contributed by atoms with Crippen LogP contribution in [0.15, 0.2) is 25.3 Å². The second kappa shape index (κ2) is 13.5. The van der Waals surface area contributed by atoms with Gasteiger partial charge in [-0.15, -0.1) is 0 Å². The molecule has 11 heteroatoms. The summed E-state index contributed by atoms with van der Waals surface area (Å²) in [4.78, 5) is 64.9. The van der Waals surface area contributed by atoms with Crippen LogP contribution in [0.5, 0.6) is 0 Å². The molecule has 1 saturated carbocycles. The van der Waals surface area contributed by atoms with Gasteiger partial charge >= 0.3 is 18.0 Å². The number of ketones is 1. The highest BCUT2D eigenvalue weighted by molar-refractivity contribution is 6.74. The second-order valence-corrected chi connectivity index (χ2v) is 16.4. The maximum Gasteiger partial charge on any atom is 0.508 e. The van der Waals surface area contributed by atoms with Gasteiger partial charge in [-0.3, -0.25) is 19.3 Å². The van der Waals surface area contributed by atoms with Crippen LogP contribution in [0, 0.1) is 17.8 Å². The molecule has 2 amide bonds. The van der Waals surface area contributed by atoms with Gasteiger partial charge in [-0.2, -0.15) is 0 Å². The van der Waals surface area contributed by atoms with E-state index in [0.717, 1.165) is 4.90 Å². The van der Waals surface area contributed by atoms with E-state index in [2.05, 4.69) is 47.0 Å². The molecule has 5 atom stereocenters. The van der Waals surface area contributed by atoms with Gasteiger partial charge < -0.3 is 18.6 Å². The molecule has 0 spiro atoms. The Labute approximate surface area is 232 Å². The van der Waals surface area contributed by atoms with Crippen LogP contribution in [0.1, 0.15) is 53.4 Å². The Balaban J connectivity index is 2.24. The summed E-state index contributed by atoms with van der Waals surface area (Å²) in [5.74, 6) is -5.15. The highest BCUT2D eigenvalue weighted by Gasteiger charge is 2.60. The fraction of sp³-hybridized carbons (Fsp3) is 0.679. The van der Waals surface area contributed by atoms with Crippen LogP contribution in [0.2, 0.25) is 18.1 Å². The molecule has 1 saturated heterocycles. The number of amides is 2. The van der Waals surface area contributed by atoms with Gasteiger partial charge in [-0.05, 0) is 44.3 Å². The number of carbonyl (C=O) groups is 5. The number of β-lactam (4-membered cyclic amide) rings is 1. The lowest BCUT2D eigenvalue weighted by atomic mass is 9.67. The number of nitrogens with zero attached hydrogens (tertiary/aromatic N) is 1. The van der Waals surface area contributed by atoms with Crippen molar-refractivity contribution in [3.8, 4) is 0 Å². The number of likely N-dealkylation sites (tertiary alicyclic amines) is 1. The molecule has 0 aromatic rings. The van der Waals surface area contributed by atoms with E-state index in [1.807, 2.05) is 0 Å². The van der Waals surface area contributed by atoms with Crippen molar-refractivity contribution in [2.75, 3.05) is 19.8 Å². The zero-order valence-electron chi connectivity index (χ0n) is 24.0. The van der Waals surface area contributed by atoms with Crippen molar-refractivity contribution < 1.29 is 42.6 Å². The number of ether oxygens (including phenoxy) is 3. The molecule has 1 unspecified atom stereocenters. The fourth-order valence-electron chi connectivity index (χ4n) is 4.83. The van der Waals surface area contributed by atoms with Crippen molar-refractivity contribution in [1.29, 1.82) is 0 Å². The molecular formula is C28H43NO9Si. The Morgan fingerprint density at radius 1 is 1.08 bits per heavy atom. The lowest BCUT2D eigenvalue weighted by Gasteiger charge is -2.51. The summed E-state index contributed by atoms with van der Waals surface area (Å²) >= 11 is 0. The largest absolute Gasteiger partial charge is 0.508 e. The van der Waals surface area contributed by atoms with Gasteiger partial charge in [-0.25, -0.2) is 9.59 Å². The van der Waals surface area contributed by atoms with Crippen LogP contribution < -0.4 is 0 Å². The van der Waals surface area contributed by atoms with Crippen LogP contribution >= 0.6 is 0 Å². The van der Waals surface area contributed by atoms with Crippen molar-refractivity contribution in [3.05, 3.63) is 25.3 Å². The Morgan fingerprint density at radius 2 is 1.69 bits per heavy atom. The third-order valence-corrected chi connectivity index (χ3v) is 12.5. The Bertz CT molecular complexity index is 971. The summed E-state index contributed by atoms with van der Waals surface area (Å²) in [5, 5.41) is 0.0374. The molecule has 0 N–H and O–H groups in total. The fourth-order valence-corrected chi connectivity index (χ4v) is 5.89. The van der Waals surface area contributed by atoms with Gasteiger partial charge in [0.05, 0.1) is 12.0 Å². The molecule has 0 aromatic heterocycles. The molecule has 1 aliphatic heterocycles. The number of hydrogen-bond acceptors (Lipinski definition) is 9. The number of rotatable bonds is 11. The first-order chi connectivity index (χ1) is 18.2. The average molecular weight is 566 g/mol. The molecule has 1 heterocycles. The van der Waals surface area contributed by atoms with E-state index in [-0.39, 0.29) is 30.0 Å². The lowest BCUT2D eigenvalue weighted by Crippen LogP contribution is -2.71. The minimum absolute atomic E-state index is 0.0374. The molecular weight excluding hydrogens is 522 g/mol. The molecule has 0 bridgehead atoms. The van der Waals surface area contributed by atoms with Crippen molar-refractivity contribution >= 4 is 38.0 Å². The minimum atomic E-state index is -1.99. The topological polar surface area (TPSA) is 126 Å². The normalized spacial score (nSPS) is 24.3. The van der Waals surface area contributed by atoms with E-state index in [9.17, 15) is 24.0 Å². The SMILES string of the molecule is C=CCOC(=O)O[C@H](C)[C@H]1C(=O)N(C(=O)C(=O)OCC=C)[C@@H]1[C@H]1CCCC(CCO[Si](C)(C)C(C)(C)C)C1=O. The van der Waals surface area contributed by atoms with Crippen molar-refractivity contribution in [2.24, 2.45) is 17.8 Å². The van der Waals surface area contributed by atoms with Crippen molar-refractivity contribution in [3.63, 3.8) is 0 Å². The smallest absolute Gasteiger partial charge is 0.454 e. The van der Waals surface area contributed by atoms with Gasteiger partial charge in [0.15, 0.2) is 8.32 Å². The first kappa shape index (κ1) is 32.4. The summed E-state index contributed by atoms with van der Waals surface area (Å²) in [5.41, 5.74) is 0. The summed E-state index contributed by atoms with van der Waals surface area (Å²) in [7, 11) is -1.99. The van der Waals surface area contributed by atoms with Crippen LogP contribution in [0.4, 0.5) is 4.79 Å². The zero-order chi connectivity index (χ0) is 29.5. The van der Waals surface area contributed by atoms with Gasteiger partial charge in [0.2, 0.25) is 5.91 Å². The van der Waals surface area contributed by atoms with Crippen LogP contribution in [0.3, 0.4) is 0 Å². The molecule has 0 aromatic carbocycles. The van der Waals surface area contributed by atoms with E-state index < -0.39 is 56.2 Å². The van der Waals surface area contributed by atoms with E-state index in [4.69, 9.17) is 18.6 Å². The lowest BCUT2D eigenvalue weighted by molar-refractivity contribution is -0.185. The Kier molecular flexibility index (Phi) is 11.2.